The molecule has 0 amide bonds. The molecule has 0 unspecified atom stereocenters. The van der Waals surface area contributed by atoms with Crippen molar-refractivity contribution in [2.75, 3.05) is 13.2 Å². The molecule has 3 heteroatoms. The van der Waals surface area contributed by atoms with Crippen LogP contribution in [-0.2, 0) is 9.53 Å². The average Bonchev–Trinajstić information content (AvgIpc) is 2.80. The molecule has 0 spiro atoms. The van der Waals surface area contributed by atoms with Crippen molar-refractivity contribution in [3.05, 3.63) is 29.8 Å². The molecule has 0 aromatic heterocycles. The lowest BCUT2D eigenvalue weighted by Crippen LogP contribution is -2.36. The van der Waals surface area contributed by atoms with Crippen LogP contribution in [0.15, 0.2) is 24.3 Å². The van der Waals surface area contributed by atoms with E-state index in [4.69, 9.17) is 9.47 Å². The SMILES string of the molecule is CCCCOC(=O)C1(C)CCC(C2CCC(c3ccc(OCCCC)cc3)CC2)CC1. The summed E-state index contributed by atoms with van der Waals surface area (Å²) in [5, 5.41) is 0. The van der Waals surface area contributed by atoms with E-state index in [9.17, 15) is 4.79 Å². The number of unbranched alkanes of at least 4 members (excludes halogenated alkanes) is 2. The molecule has 3 rings (SSSR count). The van der Waals surface area contributed by atoms with Gasteiger partial charge in [-0.1, -0.05) is 38.8 Å². The second-order valence-electron chi connectivity index (χ2n) is 10.3. The predicted octanol–water partition coefficient (Wildman–Crippen LogP) is 7.68. The van der Waals surface area contributed by atoms with Gasteiger partial charge in [0.1, 0.15) is 5.75 Å². The number of hydrogen-bond acceptors (Lipinski definition) is 3. The Balaban J connectivity index is 1.42. The first kappa shape index (κ1) is 24.1. The topological polar surface area (TPSA) is 35.5 Å². The van der Waals surface area contributed by atoms with Gasteiger partial charge in [0.25, 0.3) is 0 Å². The van der Waals surface area contributed by atoms with Gasteiger partial charge >= 0.3 is 5.97 Å². The lowest BCUT2D eigenvalue weighted by Gasteiger charge is -2.41. The molecule has 2 aliphatic rings. The van der Waals surface area contributed by atoms with Gasteiger partial charge in [0.05, 0.1) is 18.6 Å². The van der Waals surface area contributed by atoms with Gasteiger partial charge in [0.15, 0.2) is 0 Å². The van der Waals surface area contributed by atoms with Gasteiger partial charge in [0, 0.05) is 0 Å². The van der Waals surface area contributed by atoms with E-state index in [-0.39, 0.29) is 11.4 Å². The molecule has 1 aromatic carbocycles. The molecule has 0 N–H and O–H groups in total. The monoisotopic (exact) mass is 428 g/mol. The number of carbonyl (C=O) groups is 1. The third-order valence-corrected chi connectivity index (χ3v) is 7.91. The van der Waals surface area contributed by atoms with Crippen molar-refractivity contribution in [1.82, 2.24) is 0 Å². The van der Waals surface area contributed by atoms with Gasteiger partial charge in [-0.05, 0) is 107 Å². The van der Waals surface area contributed by atoms with Crippen LogP contribution in [0.5, 0.6) is 5.75 Å². The number of esters is 1. The summed E-state index contributed by atoms with van der Waals surface area (Å²) in [4.78, 5) is 12.5. The van der Waals surface area contributed by atoms with Crippen molar-refractivity contribution < 1.29 is 14.3 Å². The van der Waals surface area contributed by atoms with E-state index >= 15 is 0 Å². The summed E-state index contributed by atoms with van der Waals surface area (Å²) < 4.78 is 11.4. The van der Waals surface area contributed by atoms with Crippen LogP contribution in [-0.4, -0.2) is 19.2 Å². The molecule has 2 saturated carbocycles. The smallest absolute Gasteiger partial charge is 0.311 e. The van der Waals surface area contributed by atoms with Crippen LogP contribution in [0.4, 0.5) is 0 Å². The highest BCUT2D eigenvalue weighted by Gasteiger charge is 2.41. The molecule has 0 bridgehead atoms. The maximum Gasteiger partial charge on any atom is 0.311 e. The summed E-state index contributed by atoms with van der Waals surface area (Å²) in [6.45, 7) is 7.86. The van der Waals surface area contributed by atoms with Crippen LogP contribution < -0.4 is 4.74 Å². The molecule has 2 fully saturated rings. The summed E-state index contributed by atoms with van der Waals surface area (Å²) in [5.41, 5.74) is 1.23. The first-order valence-electron chi connectivity index (χ1n) is 13.0. The zero-order chi connectivity index (χ0) is 22.1. The summed E-state index contributed by atoms with van der Waals surface area (Å²) in [7, 11) is 0. The number of carbonyl (C=O) groups excluding carboxylic acids is 1. The summed E-state index contributed by atoms with van der Waals surface area (Å²) in [5.74, 6) is 3.39. The fourth-order valence-electron chi connectivity index (χ4n) is 5.53. The van der Waals surface area contributed by atoms with Crippen molar-refractivity contribution in [3.63, 3.8) is 0 Å². The lowest BCUT2D eigenvalue weighted by atomic mass is 9.64. The molecule has 0 aliphatic heterocycles. The van der Waals surface area contributed by atoms with Gasteiger partial charge in [-0.15, -0.1) is 0 Å². The minimum atomic E-state index is -0.248. The molecular formula is C28H44O3. The quantitative estimate of drug-likeness (QED) is 0.283. The van der Waals surface area contributed by atoms with E-state index in [0.29, 0.717) is 12.5 Å². The number of hydrogen-bond donors (Lipinski definition) is 0. The average molecular weight is 429 g/mol. The Morgan fingerprint density at radius 1 is 0.871 bits per heavy atom. The van der Waals surface area contributed by atoms with Crippen molar-refractivity contribution >= 4 is 5.97 Å². The van der Waals surface area contributed by atoms with Crippen molar-refractivity contribution in [2.45, 2.75) is 104 Å². The third-order valence-electron chi connectivity index (χ3n) is 7.91. The van der Waals surface area contributed by atoms with Crippen LogP contribution >= 0.6 is 0 Å². The van der Waals surface area contributed by atoms with Crippen molar-refractivity contribution in [1.29, 1.82) is 0 Å². The Morgan fingerprint density at radius 2 is 1.45 bits per heavy atom. The molecule has 1 aromatic rings. The maximum atomic E-state index is 12.5. The normalized spacial score (nSPS) is 28.8. The number of benzene rings is 1. The standard InChI is InChI=1S/C28H44O3/c1-4-6-20-30-26-14-12-24(13-15-26)22-8-10-23(11-9-22)25-16-18-28(3,19-17-25)27(29)31-21-7-5-2/h12-15,22-23,25H,4-11,16-21H2,1-3H3. The summed E-state index contributed by atoms with van der Waals surface area (Å²) in [6.07, 6.45) is 14.0. The predicted molar refractivity (Wildman–Crippen MR) is 127 cm³/mol. The number of rotatable bonds is 10. The molecule has 2 aliphatic carbocycles. The van der Waals surface area contributed by atoms with Crippen LogP contribution in [0, 0.1) is 17.3 Å². The largest absolute Gasteiger partial charge is 0.494 e. The Morgan fingerprint density at radius 3 is 2.06 bits per heavy atom. The fourth-order valence-corrected chi connectivity index (χ4v) is 5.53. The molecule has 0 saturated heterocycles. The minimum Gasteiger partial charge on any atom is -0.494 e. The zero-order valence-electron chi connectivity index (χ0n) is 20.2. The van der Waals surface area contributed by atoms with Crippen LogP contribution in [0.1, 0.15) is 109 Å². The maximum absolute atomic E-state index is 12.5. The van der Waals surface area contributed by atoms with Gasteiger partial charge in [-0.2, -0.15) is 0 Å². The summed E-state index contributed by atoms with van der Waals surface area (Å²) in [6, 6.07) is 8.86. The zero-order valence-corrected chi connectivity index (χ0v) is 20.2. The van der Waals surface area contributed by atoms with Crippen molar-refractivity contribution in [2.24, 2.45) is 17.3 Å². The Hall–Kier alpha value is -1.51. The first-order valence-corrected chi connectivity index (χ1v) is 13.0. The van der Waals surface area contributed by atoms with Crippen LogP contribution in [0.25, 0.3) is 0 Å². The van der Waals surface area contributed by atoms with E-state index < -0.39 is 0 Å². The van der Waals surface area contributed by atoms with E-state index in [0.717, 1.165) is 56.3 Å². The van der Waals surface area contributed by atoms with Gasteiger partial charge in [0.2, 0.25) is 0 Å². The van der Waals surface area contributed by atoms with E-state index in [2.05, 4.69) is 45.0 Å². The summed E-state index contributed by atoms with van der Waals surface area (Å²) >= 11 is 0. The van der Waals surface area contributed by atoms with E-state index in [1.54, 1.807) is 0 Å². The fraction of sp³-hybridized carbons (Fsp3) is 0.750. The highest BCUT2D eigenvalue weighted by molar-refractivity contribution is 5.76. The van der Waals surface area contributed by atoms with Gasteiger partial charge in [-0.3, -0.25) is 4.79 Å². The second kappa shape index (κ2) is 11.9. The van der Waals surface area contributed by atoms with Crippen molar-refractivity contribution in [3.8, 4) is 5.75 Å². The van der Waals surface area contributed by atoms with Crippen LogP contribution in [0.3, 0.4) is 0 Å². The Kier molecular flexibility index (Phi) is 9.29. The molecule has 174 valence electrons. The third kappa shape index (κ3) is 6.73. The minimum absolute atomic E-state index is 0.0465. The highest BCUT2D eigenvalue weighted by Crippen LogP contribution is 2.47. The Bertz CT molecular complexity index is 649. The molecule has 3 nitrogen and oxygen atoms in total. The lowest BCUT2D eigenvalue weighted by molar-refractivity contribution is -0.157. The van der Waals surface area contributed by atoms with E-state index in [1.807, 2.05) is 0 Å². The Labute approximate surface area is 190 Å². The number of ether oxygens (including phenoxy) is 2. The van der Waals surface area contributed by atoms with Gasteiger partial charge in [-0.25, -0.2) is 0 Å². The molecular weight excluding hydrogens is 384 g/mol. The second-order valence-corrected chi connectivity index (χ2v) is 10.3. The first-order chi connectivity index (χ1) is 15.1. The molecule has 0 heterocycles. The molecule has 31 heavy (non-hydrogen) atoms. The molecule has 0 radical (unpaired) electrons. The molecule has 0 atom stereocenters. The highest BCUT2D eigenvalue weighted by atomic mass is 16.5. The van der Waals surface area contributed by atoms with E-state index in [1.165, 1.54) is 50.5 Å². The van der Waals surface area contributed by atoms with Crippen LogP contribution in [0.2, 0.25) is 0 Å². The van der Waals surface area contributed by atoms with Gasteiger partial charge < -0.3 is 9.47 Å².